The molecule has 0 aromatic heterocycles. The first-order chi connectivity index (χ1) is 8.71. The van der Waals surface area contributed by atoms with Gasteiger partial charge in [-0.05, 0) is 12.1 Å². The van der Waals surface area contributed by atoms with Gasteiger partial charge in [-0.2, -0.15) is 0 Å². The average molecular weight is 256 g/mol. The third-order valence-corrected chi connectivity index (χ3v) is 2.09. The molecule has 100 valence electrons. The molecule has 6 heteroatoms. The molecule has 0 radical (unpaired) electrons. The van der Waals surface area contributed by atoms with Crippen molar-refractivity contribution in [3.05, 3.63) is 18.2 Å². The number of benzene rings is 1. The number of ether oxygens (including phenoxy) is 4. The summed E-state index contributed by atoms with van der Waals surface area (Å²) >= 11 is 0. The molecule has 1 aromatic carbocycles. The van der Waals surface area contributed by atoms with Gasteiger partial charge >= 0.3 is 6.16 Å². The summed E-state index contributed by atoms with van der Waals surface area (Å²) in [6, 6.07) is 4.78. The van der Waals surface area contributed by atoms with Gasteiger partial charge in [-0.3, -0.25) is 0 Å². The molecule has 0 aliphatic rings. The largest absolute Gasteiger partial charge is 0.513 e. The summed E-state index contributed by atoms with van der Waals surface area (Å²) in [5.41, 5.74) is 0. The molecule has 0 aliphatic heterocycles. The predicted octanol–water partition coefficient (Wildman–Crippen LogP) is 1.60. The molecule has 0 aliphatic carbocycles. The second-order valence-corrected chi connectivity index (χ2v) is 3.29. The van der Waals surface area contributed by atoms with E-state index in [9.17, 15) is 4.79 Å². The molecular weight excluding hydrogens is 240 g/mol. The van der Waals surface area contributed by atoms with E-state index >= 15 is 0 Å². The number of carbonyl (C=O) groups is 1. The summed E-state index contributed by atoms with van der Waals surface area (Å²) in [5, 5.41) is 8.54. The summed E-state index contributed by atoms with van der Waals surface area (Å²) in [4.78, 5) is 11.3. The Hall–Kier alpha value is -1.95. The van der Waals surface area contributed by atoms with Crippen LogP contribution in [-0.2, 0) is 4.74 Å². The molecule has 0 unspecified atom stereocenters. The first kappa shape index (κ1) is 14.1. The van der Waals surface area contributed by atoms with Crippen molar-refractivity contribution < 1.29 is 28.8 Å². The van der Waals surface area contributed by atoms with Gasteiger partial charge < -0.3 is 24.1 Å². The fraction of sp³-hybridized carbons (Fsp3) is 0.417. The molecule has 0 atom stereocenters. The van der Waals surface area contributed by atoms with Crippen LogP contribution in [0.25, 0.3) is 0 Å². The van der Waals surface area contributed by atoms with Crippen molar-refractivity contribution >= 4 is 6.16 Å². The van der Waals surface area contributed by atoms with E-state index in [0.717, 1.165) is 0 Å². The van der Waals surface area contributed by atoms with E-state index in [1.165, 1.54) is 14.2 Å². The Balaban J connectivity index is 2.63. The highest BCUT2D eigenvalue weighted by molar-refractivity contribution is 5.65. The highest BCUT2D eigenvalue weighted by atomic mass is 16.7. The van der Waals surface area contributed by atoms with Crippen LogP contribution in [0.5, 0.6) is 17.2 Å². The van der Waals surface area contributed by atoms with Crippen LogP contribution in [0.1, 0.15) is 6.42 Å². The number of methoxy groups -OCH3 is 2. The van der Waals surface area contributed by atoms with Gasteiger partial charge in [0.1, 0.15) is 5.75 Å². The Morgan fingerprint density at radius 2 is 2.00 bits per heavy atom. The lowest BCUT2D eigenvalue weighted by atomic mass is 10.3. The SMILES string of the molecule is COc1ccc(OC(=O)OCCCO)c(OC)c1. The zero-order valence-electron chi connectivity index (χ0n) is 10.3. The number of rotatable bonds is 6. The molecule has 0 fully saturated rings. The first-order valence-corrected chi connectivity index (χ1v) is 5.38. The summed E-state index contributed by atoms with van der Waals surface area (Å²) in [7, 11) is 2.98. The fourth-order valence-electron chi connectivity index (χ4n) is 1.20. The van der Waals surface area contributed by atoms with Gasteiger partial charge in [0.15, 0.2) is 11.5 Å². The smallest absolute Gasteiger partial charge is 0.497 e. The molecule has 1 N–H and O–H groups in total. The Morgan fingerprint density at radius 3 is 2.61 bits per heavy atom. The minimum atomic E-state index is -0.841. The van der Waals surface area contributed by atoms with E-state index < -0.39 is 6.16 Å². The van der Waals surface area contributed by atoms with Crippen LogP contribution in [0, 0.1) is 0 Å². The van der Waals surface area contributed by atoms with Crippen molar-refractivity contribution in [2.24, 2.45) is 0 Å². The number of aliphatic hydroxyl groups is 1. The third kappa shape index (κ3) is 4.14. The van der Waals surface area contributed by atoms with E-state index in [1.807, 2.05) is 0 Å². The molecule has 0 saturated carbocycles. The van der Waals surface area contributed by atoms with Gasteiger partial charge in [-0.15, -0.1) is 0 Å². The Bertz CT molecular complexity index is 390. The highest BCUT2D eigenvalue weighted by Gasteiger charge is 2.11. The molecule has 1 rings (SSSR count). The summed E-state index contributed by atoms with van der Waals surface area (Å²) in [6.45, 7) is 0.0624. The second kappa shape index (κ2) is 7.39. The van der Waals surface area contributed by atoms with E-state index in [0.29, 0.717) is 17.9 Å². The van der Waals surface area contributed by atoms with E-state index in [2.05, 4.69) is 0 Å². The zero-order valence-corrected chi connectivity index (χ0v) is 10.3. The lowest BCUT2D eigenvalue weighted by molar-refractivity contribution is 0.0914. The van der Waals surface area contributed by atoms with Crippen LogP contribution in [-0.4, -0.2) is 38.7 Å². The van der Waals surface area contributed by atoms with Crippen molar-refractivity contribution in [1.29, 1.82) is 0 Å². The standard InChI is InChI=1S/C12H16O6/c1-15-9-4-5-10(11(8-9)16-2)18-12(14)17-7-3-6-13/h4-5,8,13H,3,6-7H2,1-2H3. The molecule has 0 amide bonds. The van der Waals surface area contributed by atoms with Crippen LogP contribution in [0.15, 0.2) is 18.2 Å². The molecule has 0 spiro atoms. The summed E-state index contributed by atoms with van der Waals surface area (Å²) < 4.78 is 19.8. The second-order valence-electron chi connectivity index (χ2n) is 3.29. The van der Waals surface area contributed by atoms with Gasteiger partial charge in [0, 0.05) is 19.1 Å². The lowest BCUT2D eigenvalue weighted by Crippen LogP contribution is -2.12. The molecule has 0 heterocycles. The zero-order chi connectivity index (χ0) is 13.4. The predicted molar refractivity (Wildman–Crippen MR) is 63.2 cm³/mol. The molecule has 0 saturated heterocycles. The third-order valence-electron chi connectivity index (χ3n) is 2.09. The van der Waals surface area contributed by atoms with E-state index in [4.69, 9.17) is 24.1 Å². The maximum absolute atomic E-state index is 11.3. The Morgan fingerprint density at radius 1 is 1.22 bits per heavy atom. The van der Waals surface area contributed by atoms with Gasteiger partial charge in [0.05, 0.1) is 20.8 Å². The van der Waals surface area contributed by atoms with Crippen molar-refractivity contribution in [2.45, 2.75) is 6.42 Å². The number of carbonyl (C=O) groups excluding carboxylic acids is 1. The Kier molecular flexibility index (Phi) is 5.79. The maximum Gasteiger partial charge on any atom is 0.513 e. The summed E-state index contributed by atoms with van der Waals surface area (Å²) in [6.07, 6.45) is -0.471. The first-order valence-electron chi connectivity index (χ1n) is 5.38. The molecule has 1 aromatic rings. The van der Waals surface area contributed by atoms with Crippen LogP contribution in [0.2, 0.25) is 0 Å². The highest BCUT2D eigenvalue weighted by Crippen LogP contribution is 2.31. The normalized spacial score (nSPS) is 9.72. The van der Waals surface area contributed by atoms with Crippen LogP contribution < -0.4 is 14.2 Å². The van der Waals surface area contributed by atoms with Gasteiger partial charge in [-0.1, -0.05) is 0 Å². The van der Waals surface area contributed by atoms with E-state index in [-0.39, 0.29) is 19.0 Å². The van der Waals surface area contributed by atoms with Gasteiger partial charge in [-0.25, -0.2) is 4.79 Å². The van der Waals surface area contributed by atoms with Gasteiger partial charge in [0.25, 0.3) is 0 Å². The van der Waals surface area contributed by atoms with Crippen molar-refractivity contribution in [2.75, 3.05) is 27.4 Å². The fourth-order valence-corrected chi connectivity index (χ4v) is 1.20. The minimum absolute atomic E-state index is 0.0425. The number of hydrogen-bond acceptors (Lipinski definition) is 6. The topological polar surface area (TPSA) is 74.2 Å². The molecule has 0 bridgehead atoms. The Labute approximate surface area is 105 Å². The molecule has 6 nitrogen and oxygen atoms in total. The van der Waals surface area contributed by atoms with Crippen LogP contribution in [0.4, 0.5) is 4.79 Å². The summed E-state index contributed by atoms with van der Waals surface area (Å²) in [5.74, 6) is 1.20. The van der Waals surface area contributed by atoms with Crippen molar-refractivity contribution in [3.63, 3.8) is 0 Å². The quantitative estimate of drug-likeness (QED) is 0.473. The van der Waals surface area contributed by atoms with Gasteiger partial charge in [0.2, 0.25) is 0 Å². The lowest BCUT2D eigenvalue weighted by Gasteiger charge is -2.10. The number of hydrogen-bond donors (Lipinski definition) is 1. The van der Waals surface area contributed by atoms with Crippen molar-refractivity contribution in [1.82, 2.24) is 0 Å². The van der Waals surface area contributed by atoms with Crippen molar-refractivity contribution in [3.8, 4) is 17.2 Å². The maximum atomic E-state index is 11.3. The van der Waals surface area contributed by atoms with Crippen LogP contribution >= 0.6 is 0 Å². The number of aliphatic hydroxyl groups excluding tert-OH is 1. The molecule has 18 heavy (non-hydrogen) atoms. The van der Waals surface area contributed by atoms with Crippen LogP contribution in [0.3, 0.4) is 0 Å². The minimum Gasteiger partial charge on any atom is -0.497 e. The average Bonchev–Trinajstić information content (AvgIpc) is 2.39. The monoisotopic (exact) mass is 256 g/mol. The van der Waals surface area contributed by atoms with E-state index in [1.54, 1.807) is 18.2 Å². The molecular formula is C12H16O6.